The predicted octanol–water partition coefficient (Wildman–Crippen LogP) is 3.86. The molecule has 2 aromatic rings. The fraction of sp³-hybridized carbons (Fsp3) is 0.483. The third-order valence-electron chi connectivity index (χ3n) is 9.48. The fourth-order valence-electron chi connectivity index (χ4n) is 7.78. The zero-order chi connectivity index (χ0) is 27.9. The van der Waals surface area contributed by atoms with E-state index in [2.05, 4.69) is 9.64 Å². The van der Waals surface area contributed by atoms with Crippen molar-refractivity contribution in [1.29, 1.82) is 0 Å². The van der Waals surface area contributed by atoms with Gasteiger partial charge in [-0.2, -0.15) is 0 Å². The van der Waals surface area contributed by atoms with Gasteiger partial charge in [0.1, 0.15) is 11.9 Å². The van der Waals surface area contributed by atoms with Crippen LogP contribution in [0.5, 0.6) is 17.2 Å². The average molecular weight is 545 g/mol. The molecule has 7 nitrogen and oxygen atoms in total. The summed E-state index contributed by atoms with van der Waals surface area (Å²) in [7, 11) is 3.71. The molecule has 2 aliphatic carbocycles. The van der Waals surface area contributed by atoms with Crippen molar-refractivity contribution in [2.45, 2.75) is 61.8 Å². The zero-order valence-electron chi connectivity index (χ0n) is 21.9. The monoisotopic (exact) mass is 544 g/mol. The molecular weight excluding hydrogens is 513 g/mol. The van der Waals surface area contributed by atoms with Crippen molar-refractivity contribution in [3.8, 4) is 17.2 Å². The molecule has 2 aliphatic heterocycles. The molecule has 2 N–H and O–H groups in total. The van der Waals surface area contributed by atoms with Crippen LogP contribution in [-0.2, 0) is 16.6 Å². The highest BCUT2D eigenvalue weighted by atomic mass is 19.4. The van der Waals surface area contributed by atoms with Gasteiger partial charge in [-0.3, -0.25) is 4.79 Å². The van der Waals surface area contributed by atoms with Crippen molar-refractivity contribution in [2.24, 2.45) is 5.92 Å². The van der Waals surface area contributed by atoms with E-state index >= 15 is 0 Å². The van der Waals surface area contributed by atoms with Crippen molar-refractivity contribution >= 4 is 12.0 Å². The second kappa shape index (κ2) is 8.63. The Kier molecular flexibility index (Phi) is 5.75. The van der Waals surface area contributed by atoms with Gasteiger partial charge in [0.25, 0.3) is 0 Å². The number of rotatable bonds is 4. The van der Waals surface area contributed by atoms with Gasteiger partial charge < -0.3 is 29.5 Å². The summed E-state index contributed by atoms with van der Waals surface area (Å²) in [6.07, 6.45) is -0.850. The minimum Gasteiger partial charge on any atom is -0.504 e. The second-order valence-electron chi connectivity index (χ2n) is 11.3. The minimum atomic E-state index is -4.81. The van der Waals surface area contributed by atoms with Gasteiger partial charge in [0.15, 0.2) is 11.5 Å². The molecule has 1 amide bonds. The number of likely N-dealkylation sites (N-methyl/N-ethyl adjacent to an activating group) is 2. The number of aliphatic hydroxyl groups is 1. The van der Waals surface area contributed by atoms with Gasteiger partial charge in [-0.1, -0.05) is 25.1 Å². The van der Waals surface area contributed by atoms with Gasteiger partial charge in [-0.25, -0.2) is 0 Å². The molecule has 1 saturated carbocycles. The zero-order valence-corrected chi connectivity index (χ0v) is 21.9. The maximum atomic E-state index is 13.4. The average Bonchev–Trinajstić information content (AvgIpc) is 3.22. The number of nitrogens with zero attached hydrogens (tertiary/aromatic N) is 2. The van der Waals surface area contributed by atoms with E-state index in [1.165, 1.54) is 30.4 Å². The van der Waals surface area contributed by atoms with Gasteiger partial charge >= 0.3 is 6.36 Å². The Morgan fingerprint density at radius 3 is 2.79 bits per heavy atom. The summed E-state index contributed by atoms with van der Waals surface area (Å²) in [6.45, 7) is 2.76. The Hall–Kier alpha value is -3.24. The molecule has 6 atom stereocenters. The molecule has 208 valence electrons. The number of ether oxygens (including phenoxy) is 2. The van der Waals surface area contributed by atoms with Gasteiger partial charge in [0, 0.05) is 24.7 Å². The lowest BCUT2D eigenvalue weighted by Gasteiger charge is -2.66. The molecule has 2 heterocycles. The van der Waals surface area contributed by atoms with E-state index in [-0.39, 0.29) is 29.4 Å². The molecule has 1 spiro atoms. The fourth-order valence-corrected chi connectivity index (χ4v) is 7.78. The van der Waals surface area contributed by atoms with Crippen LogP contribution in [0.4, 0.5) is 13.2 Å². The predicted molar refractivity (Wildman–Crippen MR) is 136 cm³/mol. The third-order valence-corrected chi connectivity index (χ3v) is 9.48. The van der Waals surface area contributed by atoms with Crippen molar-refractivity contribution in [1.82, 2.24) is 9.80 Å². The van der Waals surface area contributed by atoms with Crippen molar-refractivity contribution in [2.75, 3.05) is 20.6 Å². The summed E-state index contributed by atoms with van der Waals surface area (Å²) in [5.41, 5.74) is 0.414. The van der Waals surface area contributed by atoms with E-state index in [4.69, 9.17) is 4.74 Å². The highest BCUT2D eigenvalue weighted by Gasteiger charge is 2.75. The van der Waals surface area contributed by atoms with Gasteiger partial charge in [-0.15, -0.1) is 13.2 Å². The van der Waals surface area contributed by atoms with E-state index in [0.717, 1.165) is 17.7 Å². The number of aromatic hydroxyl groups is 1. The first kappa shape index (κ1) is 26.0. The summed E-state index contributed by atoms with van der Waals surface area (Å²) in [5.74, 6) is -0.464. The first-order chi connectivity index (χ1) is 18.4. The molecule has 0 radical (unpaired) electrons. The van der Waals surface area contributed by atoms with E-state index in [1.54, 1.807) is 24.1 Å². The smallest absolute Gasteiger partial charge is 0.504 e. The molecule has 0 aromatic heterocycles. The number of hydrogen-bond acceptors (Lipinski definition) is 6. The molecule has 1 saturated heterocycles. The lowest BCUT2D eigenvalue weighted by Crippen LogP contribution is -2.80. The molecule has 10 heteroatoms. The summed E-state index contributed by atoms with van der Waals surface area (Å²) < 4.78 is 48.3. The molecule has 2 aromatic carbocycles. The standard InChI is InChI=1S/C29H31F3N2O5/c1-16-13-20(34(3)23(36)10-7-17-5-4-6-19(14-17)39-29(30,31)32)26-27-11-12-33(2)22(28(16,27)37)15-18-8-9-21(35)25(38-26)24(18)27/h4-10,14,16,20,22,26,35,37H,11-13,15H2,1-3H3/t16-,20-,22+,26-,27-,28+/m0/s1. The van der Waals surface area contributed by atoms with Crippen molar-refractivity contribution < 1.29 is 37.7 Å². The van der Waals surface area contributed by atoms with Crippen LogP contribution in [-0.4, -0.2) is 76.7 Å². The maximum absolute atomic E-state index is 13.4. The van der Waals surface area contributed by atoms with E-state index < -0.39 is 29.5 Å². The molecule has 0 unspecified atom stereocenters. The molecule has 39 heavy (non-hydrogen) atoms. The topological polar surface area (TPSA) is 82.5 Å². The number of carbonyl (C=O) groups is 1. The molecular formula is C29H31F3N2O5. The number of hydrogen-bond donors (Lipinski definition) is 2. The summed E-state index contributed by atoms with van der Waals surface area (Å²) >= 11 is 0. The first-order valence-electron chi connectivity index (χ1n) is 13.1. The van der Waals surface area contributed by atoms with E-state index in [9.17, 15) is 28.2 Å². The minimum absolute atomic E-state index is 0.0264. The van der Waals surface area contributed by atoms with Crippen LogP contribution in [0.2, 0.25) is 0 Å². The number of halogens is 3. The van der Waals surface area contributed by atoms with Crippen LogP contribution in [0.15, 0.2) is 42.5 Å². The van der Waals surface area contributed by atoms with E-state index in [1.807, 2.05) is 20.0 Å². The van der Waals surface area contributed by atoms with Crippen molar-refractivity contribution in [3.05, 3.63) is 59.2 Å². The molecule has 6 rings (SSSR count). The third kappa shape index (κ3) is 3.67. The number of likely N-dealkylation sites (tertiary alicyclic amines) is 1. The number of alkyl halides is 3. The Labute approximate surface area is 224 Å². The van der Waals surface area contributed by atoms with Crippen LogP contribution in [0.25, 0.3) is 6.08 Å². The summed E-state index contributed by atoms with van der Waals surface area (Å²) in [4.78, 5) is 17.2. The lowest BCUT2D eigenvalue weighted by molar-refractivity contribution is -0.274. The van der Waals surface area contributed by atoms with Gasteiger partial charge in [0.05, 0.1) is 17.1 Å². The number of phenols is 1. The van der Waals surface area contributed by atoms with Crippen LogP contribution in [0.3, 0.4) is 0 Å². The van der Waals surface area contributed by atoms with Gasteiger partial charge in [0.2, 0.25) is 5.91 Å². The number of piperidine rings is 1. The van der Waals surface area contributed by atoms with Crippen LogP contribution < -0.4 is 9.47 Å². The highest BCUT2D eigenvalue weighted by molar-refractivity contribution is 5.92. The highest BCUT2D eigenvalue weighted by Crippen LogP contribution is 2.66. The second-order valence-corrected chi connectivity index (χ2v) is 11.3. The van der Waals surface area contributed by atoms with Crippen LogP contribution in [0, 0.1) is 5.92 Å². The number of phenolic OH excluding ortho intramolecular Hbond substituents is 1. The summed E-state index contributed by atoms with van der Waals surface area (Å²) in [5, 5.41) is 23.3. The molecule has 2 bridgehead atoms. The number of benzene rings is 2. The Balaban J connectivity index is 1.33. The lowest BCUT2D eigenvalue weighted by atomic mass is 9.45. The SMILES string of the molecule is C[C@H]1C[C@H](N(C)C(=O)C=Cc2cccc(OC(F)(F)F)c2)[C@@H]2Oc3c(O)ccc4c3[C@@]23CCN(C)[C@H](C4)[C@]13O. The normalized spacial score (nSPS) is 33.0. The first-order valence-corrected chi connectivity index (χ1v) is 13.1. The number of carbonyl (C=O) groups excluding carboxylic acids is 1. The van der Waals surface area contributed by atoms with Crippen LogP contribution in [0.1, 0.15) is 36.5 Å². The Morgan fingerprint density at radius 2 is 2.05 bits per heavy atom. The Bertz CT molecular complexity index is 1360. The largest absolute Gasteiger partial charge is 0.573 e. The quantitative estimate of drug-likeness (QED) is 0.569. The summed E-state index contributed by atoms with van der Waals surface area (Å²) in [6, 6.07) is 8.43. The van der Waals surface area contributed by atoms with E-state index in [0.29, 0.717) is 30.6 Å². The van der Waals surface area contributed by atoms with Crippen LogP contribution >= 0.6 is 0 Å². The van der Waals surface area contributed by atoms with Gasteiger partial charge in [-0.05, 0) is 74.2 Å². The Morgan fingerprint density at radius 1 is 1.28 bits per heavy atom. The number of amides is 1. The van der Waals surface area contributed by atoms with Crippen molar-refractivity contribution in [3.63, 3.8) is 0 Å². The molecule has 2 fully saturated rings. The molecule has 4 aliphatic rings. The maximum Gasteiger partial charge on any atom is 0.573 e.